The van der Waals surface area contributed by atoms with Crippen molar-refractivity contribution in [3.8, 4) is 0 Å². The first-order valence-electron chi connectivity index (χ1n) is 5.91. The van der Waals surface area contributed by atoms with Gasteiger partial charge in [-0.1, -0.05) is 0 Å². The quantitative estimate of drug-likeness (QED) is 0.481. The van der Waals surface area contributed by atoms with Crippen molar-refractivity contribution in [1.29, 1.82) is 0 Å². The summed E-state index contributed by atoms with van der Waals surface area (Å²) in [5, 5.41) is 0. The number of ether oxygens (including phenoxy) is 1. The molecule has 2 rings (SSSR count). The summed E-state index contributed by atoms with van der Waals surface area (Å²) >= 11 is 0. The lowest BCUT2D eigenvalue weighted by Crippen LogP contribution is -2.35. The average molecular weight is 339 g/mol. The van der Waals surface area contributed by atoms with Crippen molar-refractivity contribution in [3.05, 3.63) is 0 Å². The Morgan fingerprint density at radius 2 is 2.19 bits per heavy atom. The summed E-state index contributed by atoms with van der Waals surface area (Å²) in [5.74, 6) is 0.690. The van der Waals surface area contributed by atoms with Crippen molar-refractivity contribution in [2.45, 2.75) is 44.2 Å². The molecule has 0 aromatic carbocycles. The van der Waals surface area contributed by atoms with Crippen LogP contribution in [0.2, 0.25) is 0 Å². The van der Waals surface area contributed by atoms with Crippen LogP contribution in [0.5, 0.6) is 0 Å². The van der Waals surface area contributed by atoms with Gasteiger partial charge in [-0.15, -0.1) is 24.0 Å². The van der Waals surface area contributed by atoms with E-state index in [-0.39, 0.29) is 24.0 Å². The van der Waals surface area contributed by atoms with Crippen molar-refractivity contribution in [1.82, 2.24) is 4.90 Å². The van der Waals surface area contributed by atoms with Gasteiger partial charge < -0.3 is 15.4 Å². The highest BCUT2D eigenvalue weighted by Gasteiger charge is 2.27. The highest BCUT2D eigenvalue weighted by molar-refractivity contribution is 14.0. The van der Waals surface area contributed by atoms with E-state index in [4.69, 9.17) is 10.5 Å². The van der Waals surface area contributed by atoms with Crippen molar-refractivity contribution >= 4 is 29.9 Å². The summed E-state index contributed by atoms with van der Waals surface area (Å²) in [4.78, 5) is 6.48. The lowest BCUT2D eigenvalue weighted by Gasteiger charge is -2.17. The Hall–Kier alpha value is -0.0400. The van der Waals surface area contributed by atoms with Crippen LogP contribution in [-0.2, 0) is 4.74 Å². The van der Waals surface area contributed by atoms with Gasteiger partial charge in [0.1, 0.15) is 0 Å². The standard InChI is InChI=1S/C11H21N3O.HI/c1-14(9-4-5-9)11(12)13-7-6-10-3-2-8-15-10;/h9-10H,2-8H2,1H3,(H2,12,13);1H. The van der Waals surface area contributed by atoms with Crippen LogP contribution in [0.3, 0.4) is 0 Å². The molecule has 1 atom stereocenters. The molecule has 94 valence electrons. The lowest BCUT2D eigenvalue weighted by atomic mass is 10.2. The molecule has 4 nitrogen and oxygen atoms in total. The van der Waals surface area contributed by atoms with E-state index in [1.807, 2.05) is 7.05 Å². The Morgan fingerprint density at radius 1 is 1.44 bits per heavy atom. The Bertz CT molecular complexity index is 237. The van der Waals surface area contributed by atoms with Crippen LogP contribution in [0.25, 0.3) is 0 Å². The van der Waals surface area contributed by atoms with Crippen LogP contribution in [0, 0.1) is 0 Å². The van der Waals surface area contributed by atoms with Gasteiger partial charge in [0.15, 0.2) is 5.96 Å². The number of hydrogen-bond acceptors (Lipinski definition) is 2. The van der Waals surface area contributed by atoms with Gasteiger partial charge in [-0.25, -0.2) is 0 Å². The monoisotopic (exact) mass is 339 g/mol. The third-order valence-corrected chi connectivity index (χ3v) is 3.20. The summed E-state index contributed by atoms with van der Waals surface area (Å²) in [5.41, 5.74) is 5.88. The van der Waals surface area contributed by atoms with Crippen LogP contribution in [0.4, 0.5) is 0 Å². The molecule has 2 fully saturated rings. The van der Waals surface area contributed by atoms with Gasteiger partial charge in [0.25, 0.3) is 0 Å². The predicted molar refractivity (Wildman–Crippen MR) is 76.3 cm³/mol. The molecule has 0 bridgehead atoms. The van der Waals surface area contributed by atoms with Crippen molar-refractivity contribution in [2.24, 2.45) is 10.7 Å². The molecule has 2 N–H and O–H groups in total. The first-order valence-corrected chi connectivity index (χ1v) is 5.91. The number of rotatable bonds is 4. The molecule has 1 unspecified atom stereocenters. The minimum atomic E-state index is 0. The molecule has 0 aromatic rings. The SMILES string of the molecule is CN(C(N)=NCCC1CCCO1)C1CC1.I. The van der Waals surface area contributed by atoms with Gasteiger partial charge in [-0.05, 0) is 32.1 Å². The molecule has 5 heteroatoms. The topological polar surface area (TPSA) is 50.8 Å². The van der Waals surface area contributed by atoms with Gasteiger partial charge in [0.05, 0.1) is 6.10 Å². The third kappa shape index (κ3) is 4.08. The molecule has 0 radical (unpaired) electrons. The number of nitrogens with zero attached hydrogens (tertiary/aromatic N) is 2. The van der Waals surface area contributed by atoms with Gasteiger partial charge >= 0.3 is 0 Å². The normalized spacial score (nSPS) is 25.3. The fourth-order valence-corrected chi connectivity index (χ4v) is 1.96. The van der Waals surface area contributed by atoms with Crippen LogP contribution in [0.1, 0.15) is 32.1 Å². The molecular weight excluding hydrogens is 317 g/mol. The number of nitrogens with two attached hydrogens (primary N) is 1. The summed E-state index contributed by atoms with van der Waals surface area (Å²) < 4.78 is 5.53. The minimum Gasteiger partial charge on any atom is -0.378 e. The summed E-state index contributed by atoms with van der Waals surface area (Å²) in [6, 6.07) is 0.650. The van der Waals surface area contributed by atoms with E-state index in [2.05, 4.69) is 9.89 Å². The van der Waals surface area contributed by atoms with E-state index < -0.39 is 0 Å². The molecule has 1 heterocycles. The average Bonchev–Trinajstić information content (AvgIpc) is 2.96. The van der Waals surface area contributed by atoms with Crippen LogP contribution in [-0.4, -0.2) is 43.2 Å². The second-order valence-electron chi connectivity index (χ2n) is 4.51. The Labute approximate surface area is 115 Å². The lowest BCUT2D eigenvalue weighted by molar-refractivity contribution is 0.106. The second kappa shape index (κ2) is 6.64. The van der Waals surface area contributed by atoms with E-state index >= 15 is 0 Å². The maximum Gasteiger partial charge on any atom is 0.191 e. The fraction of sp³-hybridized carbons (Fsp3) is 0.909. The number of guanidine groups is 1. The van der Waals surface area contributed by atoms with E-state index in [1.54, 1.807) is 0 Å². The zero-order valence-corrected chi connectivity index (χ0v) is 12.2. The summed E-state index contributed by atoms with van der Waals surface area (Å²) in [6.07, 6.45) is 6.35. The van der Waals surface area contributed by atoms with E-state index in [1.165, 1.54) is 25.7 Å². The molecule has 1 aliphatic heterocycles. The highest BCUT2D eigenvalue weighted by Crippen LogP contribution is 2.24. The molecular formula is C11H22IN3O. The third-order valence-electron chi connectivity index (χ3n) is 3.20. The number of aliphatic imine (C=N–C) groups is 1. The molecule has 0 amide bonds. The largest absolute Gasteiger partial charge is 0.378 e. The first-order chi connectivity index (χ1) is 7.27. The van der Waals surface area contributed by atoms with Crippen molar-refractivity contribution in [2.75, 3.05) is 20.2 Å². The van der Waals surface area contributed by atoms with Gasteiger partial charge in [0.2, 0.25) is 0 Å². The maximum absolute atomic E-state index is 5.88. The van der Waals surface area contributed by atoms with E-state index in [0.717, 1.165) is 19.6 Å². The van der Waals surface area contributed by atoms with Crippen molar-refractivity contribution in [3.63, 3.8) is 0 Å². The van der Waals surface area contributed by atoms with Crippen LogP contribution < -0.4 is 5.73 Å². The number of hydrogen-bond donors (Lipinski definition) is 1. The minimum absolute atomic E-state index is 0. The smallest absolute Gasteiger partial charge is 0.191 e. The van der Waals surface area contributed by atoms with Crippen LogP contribution >= 0.6 is 24.0 Å². The Morgan fingerprint density at radius 3 is 2.75 bits per heavy atom. The molecule has 2 aliphatic rings. The predicted octanol–water partition coefficient (Wildman–Crippen LogP) is 1.58. The molecule has 1 saturated carbocycles. The molecule has 0 spiro atoms. The Kier molecular flexibility index (Phi) is 5.82. The summed E-state index contributed by atoms with van der Waals surface area (Å²) in [7, 11) is 2.03. The molecule has 16 heavy (non-hydrogen) atoms. The van der Waals surface area contributed by atoms with Gasteiger partial charge in [-0.3, -0.25) is 4.99 Å². The van der Waals surface area contributed by atoms with E-state index in [0.29, 0.717) is 18.1 Å². The Balaban J connectivity index is 0.00000128. The fourth-order valence-electron chi connectivity index (χ4n) is 1.96. The molecule has 1 aliphatic carbocycles. The zero-order chi connectivity index (χ0) is 10.7. The maximum atomic E-state index is 5.88. The number of halogens is 1. The molecule has 0 aromatic heterocycles. The second-order valence-corrected chi connectivity index (χ2v) is 4.51. The highest BCUT2D eigenvalue weighted by atomic mass is 127. The van der Waals surface area contributed by atoms with E-state index in [9.17, 15) is 0 Å². The van der Waals surface area contributed by atoms with Crippen LogP contribution in [0.15, 0.2) is 4.99 Å². The van der Waals surface area contributed by atoms with Gasteiger partial charge in [0, 0.05) is 26.2 Å². The first kappa shape index (κ1) is 14.0. The molecule has 1 saturated heterocycles. The zero-order valence-electron chi connectivity index (χ0n) is 9.89. The summed E-state index contributed by atoms with van der Waals surface area (Å²) in [6.45, 7) is 1.72. The van der Waals surface area contributed by atoms with Gasteiger partial charge in [-0.2, -0.15) is 0 Å². The van der Waals surface area contributed by atoms with Crippen molar-refractivity contribution < 1.29 is 4.74 Å².